The predicted octanol–water partition coefficient (Wildman–Crippen LogP) is 1.84. The van der Waals surface area contributed by atoms with Gasteiger partial charge < -0.3 is 9.84 Å². The minimum absolute atomic E-state index is 0.430. The summed E-state index contributed by atoms with van der Waals surface area (Å²) in [5.74, 6) is 0.700. The highest BCUT2D eigenvalue weighted by Crippen LogP contribution is 2.33. The molecule has 1 aliphatic heterocycles. The van der Waals surface area contributed by atoms with Crippen LogP contribution in [0, 0.1) is 0 Å². The largest absolute Gasteiger partial charge is 0.478 e. The normalized spacial score (nSPS) is 23.3. The van der Waals surface area contributed by atoms with Gasteiger partial charge in [-0.2, -0.15) is 11.8 Å². The molecule has 1 aromatic carbocycles. The number of aliphatic carboxylic acids is 1. The fraction of sp³-hybridized carbons (Fsp3) is 0.333. The van der Waals surface area contributed by atoms with E-state index in [4.69, 9.17) is 4.74 Å². The number of hydrogen-bond acceptors (Lipinski definition) is 4. The number of carboxylic acid groups (broad SMARTS) is 1. The number of thioether (sulfide) groups is 1. The fourth-order valence-corrected chi connectivity index (χ4v) is 2.99. The fourth-order valence-electron chi connectivity index (χ4n) is 1.72. The molecule has 1 N–H and O–H groups in total. The van der Waals surface area contributed by atoms with Crippen LogP contribution >= 0.6 is 11.8 Å². The van der Waals surface area contributed by atoms with E-state index in [0.29, 0.717) is 29.8 Å². The smallest absolute Gasteiger partial charge is 0.348 e. The zero-order valence-electron chi connectivity index (χ0n) is 9.09. The lowest BCUT2D eigenvalue weighted by Crippen LogP contribution is -2.44. The lowest BCUT2D eigenvalue weighted by atomic mass is 10.0. The Morgan fingerprint density at radius 3 is 2.94 bits per heavy atom. The zero-order chi connectivity index (χ0) is 12.3. The van der Waals surface area contributed by atoms with E-state index in [1.165, 1.54) is 0 Å². The van der Waals surface area contributed by atoms with Gasteiger partial charge in [-0.1, -0.05) is 12.1 Å². The molecular weight excluding hydrogens is 240 g/mol. The third-order valence-electron chi connectivity index (χ3n) is 2.68. The molecule has 0 aromatic heterocycles. The summed E-state index contributed by atoms with van der Waals surface area (Å²) in [5.41, 5.74) is -0.666. The Labute approximate surface area is 103 Å². The monoisotopic (exact) mass is 252 g/mol. The molecule has 0 bridgehead atoms. The molecule has 17 heavy (non-hydrogen) atoms. The maximum absolute atomic E-state index is 11.3. The van der Waals surface area contributed by atoms with Crippen LogP contribution in [0.5, 0.6) is 5.75 Å². The van der Waals surface area contributed by atoms with Crippen LogP contribution in [0.1, 0.15) is 16.8 Å². The average molecular weight is 252 g/mol. The second-order valence-corrected chi connectivity index (χ2v) is 5.00. The van der Waals surface area contributed by atoms with Gasteiger partial charge >= 0.3 is 5.97 Å². The van der Waals surface area contributed by atoms with Gasteiger partial charge in [-0.25, -0.2) is 4.79 Å². The molecule has 1 aliphatic rings. The zero-order valence-corrected chi connectivity index (χ0v) is 9.90. The molecule has 1 heterocycles. The first-order valence-electron chi connectivity index (χ1n) is 5.22. The van der Waals surface area contributed by atoms with Gasteiger partial charge in [-0.15, -0.1) is 0 Å². The molecule has 1 aromatic rings. The molecule has 0 radical (unpaired) electrons. The molecule has 0 saturated carbocycles. The van der Waals surface area contributed by atoms with Crippen molar-refractivity contribution in [3.8, 4) is 5.75 Å². The Balaban J connectivity index is 2.23. The number of ether oxygens (including phenoxy) is 1. The van der Waals surface area contributed by atoms with E-state index in [-0.39, 0.29) is 0 Å². The topological polar surface area (TPSA) is 63.6 Å². The van der Waals surface area contributed by atoms with Crippen molar-refractivity contribution in [3.63, 3.8) is 0 Å². The second kappa shape index (κ2) is 4.79. The molecule has 2 rings (SSSR count). The van der Waals surface area contributed by atoms with Crippen LogP contribution in [-0.4, -0.2) is 34.5 Å². The van der Waals surface area contributed by atoms with Crippen LogP contribution in [0.25, 0.3) is 0 Å². The van der Waals surface area contributed by atoms with E-state index in [0.717, 1.165) is 5.75 Å². The second-order valence-electron chi connectivity index (χ2n) is 3.89. The van der Waals surface area contributed by atoms with Gasteiger partial charge in [-0.3, -0.25) is 4.79 Å². The lowest BCUT2D eigenvalue weighted by Gasteiger charge is -2.24. The number of carbonyl (C=O) groups is 2. The third kappa shape index (κ3) is 2.44. The molecule has 1 fully saturated rings. The summed E-state index contributed by atoms with van der Waals surface area (Å²) in [5, 5.41) is 9.24. The SMILES string of the molecule is O=Cc1cccc(OC2(C(=O)O)CCSC2)c1. The molecule has 90 valence electrons. The van der Waals surface area contributed by atoms with Gasteiger partial charge in [0.1, 0.15) is 12.0 Å². The molecule has 1 unspecified atom stereocenters. The first-order valence-corrected chi connectivity index (χ1v) is 6.37. The summed E-state index contributed by atoms with van der Waals surface area (Å²) in [6, 6.07) is 6.55. The number of aldehydes is 1. The molecule has 5 heteroatoms. The van der Waals surface area contributed by atoms with Gasteiger partial charge in [-0.05, 0) is 17.9 Å². The predicted molar refractivity (Wildman–Crippen MR) is 64.8 cm³/mol. The lowest BCUT2D eigenvalue weighted by molar-refractivity contribution is -0.152. The van der Waals surface area contributed by atoms with E-state index in [9.17, 15) is 14.7 Å². The molecule has 0 aliphatic carbocycles. The molecule has 1 saturated heterocycles. The molecular formula is C12H12O4S. The summed E-state index contributed by atoms with van der Waals surface area (Å²) in [4.78, 5) is 21.9. The van der Waals surface area contributed by atoms with Gasteiger partial charge in [0.2, 0.25) is 5.60 Å². The average Bonchev–Trinajstić information content (AvgIpc) is 2.79. The maximum atomic E-state index is 11.3. The van der Waals surface area contributed by atoms with Crippen molar-refractivity contribution in [1.29, 1.82) is 0 Å². The number of benzene rings is 1. The minimum atomic E-state index is -1.15. The number of hydrogen-bond donors (Lipinski definition) is 1. The first kappa shape index (κ1) is 12.0. The first-order chi connectivity index (χ1) is 8.16. The Hall–Kier alpha value is -1.49. The Morgan fingerprint density at radius 2 is 2.35 bits per heavy atom. The van der Waals surface area contributed by atoms with Gasteiger partial charge in [0.25, 0.3) is 0 Å². The number of rotatable bonds is 4. The van der Waals surface area contributed by atoms with E-state index in [1.807, 2.05) is 0 Å². The quantitative estimate of drug-likeness (QED) is 0.828. The van der Waals surface area contributed by atoms with Crippen molar-refractivity contribution in [2.75, 3.05) is 11.5 Å². The van der Waals surface area contributed by atoms with Crippen molar-refractivity contribution in [1.82, 2.24) is 0 Å². The van der Waals surface area contributed by atoms with Gasteiger partial charge in [0.15, 0.2) is 0 Å². The van der Waals surface area contributed by atoms with Crippen LogP contribution < -0.4 is 4.74 Å². The van der Waals surface area contributed by atoms with Crippen molar-refractivity contribution in [3.05, 3.63) is 29.8 Å². The van der Waals surface area contributed by atoms with Crippen LogP contribution in [0.2, 0.25) is 0 Å². The molecule has 0 amide bonds. The summed E-state index contributed by atoms with van der Waals surface area (Å²) in [6.07, 6.45) is 1.20. The Bertz CT molecular complexity index is 438. The standard InChI is InChI=1S/C12H12O4S/c13-7-9-2-1-3-10(6-9)16-12(11(14)15)4-5-17-8-12/h1-3,6-7H,4-5,8H2,(H,14,15). The van der Waals surface area contributed by atoms with Crippen molar-refractivity contribution in [2.24, 2.45) is 0 Å². The van der Waals surface area contributed by atoms with Crippen LogP contribution in [0.15, 0.2) is 24.3 Å². The van der Waals surface area contributed by atoms with Crippen molar-refractivity contribution < 1.29 is 19.4 Å². The van der Waals surface area contributed by atoms with Crippen molar-refractivity contribution >= 4 is 24.0 Å². The number of carboxylic acids is 1. The van der Waals surface area contributed by atoms with E-state index in [2.05, 4.69) is 0 Å². The summed E-state index contributed by atoms with van der Waals surface area (Å²) >= 11 is 1.56. The number of carbonyl (C=O) groups excluding carboxylic acids is 1. The maximum Gasteiger partial charge on any atom is 0.348 e. The Kier molecular flexibility index (Phi) is 3.38. The minimum Gasteiger partial charge on any atom is -0.478 e. The Morgan fingerprint density at radius 1 is 1.53 bits per heavy atom. The highest BCUT2D eigenvalue weighted by molar-refractivity contribution is 7.99. The van der Waals surface area contributed by atoms with E-state index >= 15 is 0 Å². The van der Waals surface area contributed by atoms with Gasteiger partial charge in [0, 0.05) is 17.7 Å². The molecule has 0 spiro atoms. The van der Waals surface area contributed by atoms with Crippen LogP contribution in [0.4, 0.5) is 0 Å². The highest BCUT2D eigenvalue weighted by Gasteiger charge is 2.44. The van der Waals surface area contributed by atoms with Crippen molar-refractivity contribution in [2.45, 2.75) is 12.0 Å². The van der Waals surface area contributed by atoms with Crippen LogP contribution in [0.3, 0.4) is 0 Å². The van der Waals surface area contributed by atoms with Crippen LogP contribution in [-0.2, 0) is 4.79 Å². The van der Waals surface area contributed by atoms with Gasteiger partial charge in [0.05, 0.1) is 0 Å². The molecule has 1 atom stereocenters. The third-order valence-corrected chi connectivity index (χ3v) is 3.85. The van der Waals surface area contributed by atoms with E-state index in [1.54, 1.807) is 36.0 Å². The summed E-state index contributed by atoms with van der Waals surface area (Å²) < 4.78 is 5.59. The molecule has 4 nitrogen and oxygen atoms in total. The highest BCUT2D eigenvalue weighted by atomic mass is 32.2. The summed E-state index contributed by atoms with van der Waals surface area (Å²) in [6.45, 7) is 0. The summed E-state index contributed by atoms with van der Waals surface area (Å²) in [7, 11) is 0. The van der Waals surface area contributed by atoms with E-state index < -0.39 is 11.6 Å².